The molecule has 37 heavy (non-hydrogen) atoms. The maximum absolute atomic E-state index is 13.8. The van der Waals surface area contributed by atoms with Crippen LogP contribution in [0.2, 0.25) is 0 Å². The van der Waals surface area contributed by atoms with E-state index in [2.05, 4.69) is 9.97 Å². The predicted molar refractivity (Wildman–Crippen MR) is 131 cm³/mol. The Morgan fingerprint density at radius 3 is 2.62 bits per heavy atom. The number of aromatic nitrogens is 2. The Bertz CT molecular complexity index is 1300. The smallest absolute Gasteiger partial charge is 0.393 e. The normalized spacial score (nSPS) is 21.7. The van der Waals surface area contributed by atoms with Gasteiger partial charge in [0.25, 0.3) is 5.91 Å². The van der Waals surface area contributed by atoms with Crippen LogP contribution in [0, 0.1) is 5.92 Å². The molecule has 1 amide bonds. The van der Waals surface area contributed by atoms with Crippen LogP contribution in [-0.2, 0) is 24.1 Å². The lowest BCUT2D eigenvalue weighted by molar-refractivity contribution is -0.137. The van der Waals surface area contributed by atoms with Gasteiger partial charge in [-0.1, -0.05) is 0 Å². The number of hydrogen-bond acceptors (Lipinski definition) is 6. The minimum Gasteiger partial charge on any atom is -0.393 e. The van der Waals surface area contributed by atoms with Crippen molar-refractivity contribution in [1.29, 1.82) is 0 Å². The summed E-state index contributed by atoms with van der Waals surface area (Å²) < 4.78 is 44.7. The second-order valence-electron chi connectivity index (χ2n) is 9.97. The molecule has 3 aromatic rings. The first-order valence-corrected chi connectivity index (χ1v) is 12.4. The van der Waals surface area contributed by atoms with Crippen molar-refractivity contribution in [3.63, 3.8) is 0 Å². The molecule has 2 aliphatic rings. The fourth-order valence-electron chi connectivity index (χ4n) is 5.32. The van der Waals surface area contributed by atoms with Crippen LogP contribution in [0.5, 0.6) is 0 Å². The number of ether oxygens (including phenoxy) is 1. The van der Waals surface area contributed by atoms with Crippen LogP contribution >= 0.6 is 0 Å². The molecule has 0 unspecified atom stereocenters. The van der Waals surface area contributed by atoms with Gasteiger partial charge in [0, 0.05) is 29.3 Å². The largest absolute Gasteiger partial charge is 0.417 e. The molecule has 1 aromatic carbocycles. The van der Waals surface area contributed by atoms with Crippen LogP contribution in [0.1, 0.15) is 71.5 Å². The number of carbonyl (C=O) groups is 1. The van der Waals surface area contributed by atoms with Crippen LogP contribution in [-0.4, -0.2) is 38.5 Å². The number of aliphatic hydroxyl groups is 1. The predicted octanol–water partition coefficient (Wildman–Crippen LogP) is 5.02. The summed E-state index contributed by atoms with van der Waals surface area (Å²) in [7, 11) is 0. The van der Waals surface area contributed by atoms with E-state index in [0.29, 0.717) is 48.6 Å². The molecule has 7 nitrogen and oxygen atoms in total. The summed E-state index contributed by atoms with van der Waals surface area (Å²) in [5.74, 6) is 0.357. The number of nitrogens with zero attached hydrogens (tertiary/aromatic N) is 3. The summed E-state index contributed by atoms with van der Waals surface area (Å²) in [4.78, 5) is 23.9. The fraction of sp³-hybridized carbons (Fsp3) is 0.444. The van der Waals surface area contributed by atoms with Crippen molar-refractivity contribution in [3.05, 3.63) is 64.5 Å². The van der Waals surface area contributed by atoms with Crippen LogP contribution in [0.25, 0.3) is 10.9 Å². The van der Waals surface area contributed by atoms with Gasteiger partial charge in [-0.2, -0.15) is 13.2 Å². The molecule has 0 bridgehead atoms. The molecule has 1 atom stereocenters. The minimum atomic E-state index is -4.48. The van der Waals surface area contributed by atoms with Crippen molar-refractivity contribution in [2.24, 2.45) is 5.92 Å². The molecule has 3 heterocycles. The van der Waals surface area contributed by atoms with Crippen LogP contribution in [0.4, 0.5) is 19.0 Å². The van der Waals surface area contributed by atoms with Gasteiger partial charge in [-0.3, -0.25) is 9.78 Å². The monoisotopic (exact) mass is 514 g/mol. The number of amides is 1. The second kappa shape index (κ2) is 9.90. The number of nitrogen functional groups attached to an aromatic ring is 1. The number of benzene rings is 1. The minimum absolute atomic E-state index is 0.0757. The van der Waals surface area contributed by atoms with E-state index in [9.17, 15) is 23.1 Å². The average molecular weight is 515 g/mol. The highest BCUT2D eigenvalue weighted by molar-refractivity contribution is 5.99. The van der Waals surface area contributed by atoms with Crippen molar-refractivity contribution in [2.75, 3.05) is 12.3 Å². The number of fused-ring (bicyclic) bond motifs is 3. The van der Waals surface area contributed by atoms with Crippen molar-refractivity contribution in [2.45, 2.75) is 64.1 Å². The Labute approximate surface area is 212 Å². The summed E-state index contributed by atoms with van der Waals surface area (Å²) in [6, 6.07) is 7.54. The van der Waals surface area contributed by atoms with Gasteiger partial charge in [-0.05, 0) is 74.4 Å². The number of halogens is 3. The van der Waals surface area contributed by atoms with Crippen LogP contribution < -0.4 is 5.73 Å². The third-order valence-electron chi connectivity index (χ3n) is 7.38. The maximum Gasteiger partial charge on any atom is 0.417 e. The Hall–Kier alpha value is -3.24. The molecule has 1 fully saturated rings. The number of carbonyl (C=O) groups excluding carboxylic acids is 1. The number of hydrogen-bond donors (Lipinski definition) is 2. The first-order valence-electron chi connectivity index (χ1n) is 12.4. The first-order chi connectivity index (χ1) is 17.6. The van der Waals surface area contributed by atoms with Gasteiger partial charge in [-0.25, -0.2) is 4.98 Å². The zero-order valence-corrected chi connectivity index (χ0v) is 20.5. The van der Waals surface area contributed by atoms with E-state index < -0.39 is 11.7 Å². The molecule has 0 saturated heterocycles. The highest BCUT2D eigenvalue weighted by Gasteiger charge is 2.31. The topological polar surface area (TPSA) is 102 Å². The highest BCUT2D eigenvalue weighted by Crippen LogP contribution is 2.38. The van der Waals surface area contributed by atoms with E-state index in [0.717, 1.165) is 41.6 Å². The lowest BCUT2D eigenvalue weighted by Gasteiger charge is -2.31. The number of rotatable bonds is 5. The summed E-state index contributed by atoms with van der Waals surface area (Å²) in [6.45, 7) is 2.78. The van der Waals surface area contributed by atoms with Crippen LogP contribution in [0.15, 0.2) is 36.5 Å². The van der Waals surface area contributed by atoms with Crippen LogP contribution in [0.3, 0.4) is 0 Å². The Morgan fingerprint density at radius 1 is 1.19 bits per heavy atom. The highest BCUT2D eigenvalue weighted by atomic mass is 19.4. The lowest BCUT2D eigenvalue weighted by Crippen LogP contribution is -2.37. The molecule has 0 radical (unpaired) electrons. The van der Waals surface area contributed by atoms with Gasteiger partial charge in [0.05, 0.1) is 42.1 Å². The molecular formula is C27H29F3N4O3. The van der Waals surface area contributed by atoms with Gasteiger partial charge in [-0.15, -0.1) is 0 Å². The molecule has 10 heteroatoms. The van der Waals surface area contributed by atoms with Gasteiger partial charge in [0.2, 0.25) is 0 Å². The Balaban J connectivity index is 1.45. The average Bonchev–Trinajstić information content (AvgIpc) is 3.26. The Kier molecular flexibility index (Phi) is 6.80. The maximum atomic E-state index is 13.8. The molecule has 1 aliphatic carbocycles. The Morgan fingerprint density at radius 2 is 1.95 bits per heavy atom. The quantitative estimate of drug-likeness (QED) is 0.496. The molecular weight excluding hydrogens is 485 g/mol. The number of alkyl halides is 3. The molecule has 196 valence electrons. The van der Waals surface area contributed by atoms with E-state index in [1.165, 1.54) is 6.07 Å². The molecule has 5 rings (SSSR count). The van der Waals surface area contributed by atoms with Crippen molar-refractivity contribution >= 4 is 22.6 Å². The molecule has 0 spiro atoms. The zero-order valence-electron chi connectivity index (χ0n) is 20.5. The third-order valence-corrected chi connectivity index (χ3v) is 7.38. The van der Waals surface area contributed by atoms with Crippen molar-refractivity contribution < 1.29 is 27.8 Å². The van der Waals surface area contributed by atoms with E-state index in [1.807, 2.05) is 6.92 Å². The zero-order chi connectivity index (χ0) is 26.3. The van der Waals surface area contributed by atoms with E-state index in [4.69, 9.17) is 10.5 Å². The van der Waals surface area contributed by atoms with Gasteiger partial charge in [0.1, 0.15) is 5.82 Å². The molecule has 1 saturated carbocycles. The molecule has 3 N–H and O–H groups in total. The number of aliphatic hydroxyl groups excluding tert-OH is 1. The van der Waals surface area contributed by atoms with Gasteiger partial charge < -0.3 is 20.5 Å². The van der Waals surface area contributed by atoms with Crippen molar-refractivity contribution in [3.8, 4) is 0 Å². The fourth-order valence-corrected chi connectivity index (χ4v) is 5.32. The first kappa shape index (κ1) is 25.4. The van der Waals surface area contributed by atoms with E-state index in [-0.39, 0.29) is 30.6 Å². The van der Waals surface area contributed by atoms with E-state index >= 15 is 0 Å². The third kappa shape index (κ3) is 5.26. The SMILES string of the molecule is C[C@@H]1OCc2c1c(N)nc1ccc(C(=O)N(Cc3ccc(C(F)(F)F)cn3)C[C@H]3CC[C@H](O)CC3)cc21. The summed E-state index contributed by atoms with van der Waals surface area (Å²) in [5, 5.41) is 10.7. The van der Waals surface area contributed by atoms with Gasteiger partial charge >= 0.3 is 6.18 Å². The number of anilines is 1. The summed E-state index contributed by atoms with van der Waals surface area (Å²) >= 11 is 0. The van der Waals surface area contributed by atoms with E-state index in [1.54, 1.807) is 23.1 Å². The summed E-state index contributed by atoms with van der Waals surface area (Å²) in [5.41, 5.74) is 8.56. The molecule has 1 aliphatic heterocycles. The van der Waals surface area contributed by atoms with Gasteiger partial charge in [0.15, 0.2) is 0 Å². The number of nitrogens with two attached hydrogens (primary N) is 1. The second-order valence-corrected chi connectivity index (χ2v) is 9.97. The summed E-state index contributed by atoms with van der Waals surface area (Å²) in [6.07, 6.45) is -1.32. The lowest BCUT2D eigenvalue weighted by atomic mass is 9.87. The standard InChI is InChI=1S/C27H29F3N4O3/c1-15-24-22(14-37-15)21-10-17(4-9-23(21)33-25(24)31)26(36)34(12-16-2-7-20(35)8-3-16)13-19-6-5-18(11-32-19)27(28,29)30/h4-6,9-11,15-16,20,35H,2-3,7-8,12-14H2,1H3,(H2,31,33)/t15-,16-,20-/m0/s1. The van der Waals surface area contributed by atoms with Crippen molar-refractivity contribution in [1.82, 2.24) is 14.9 Å². The molecule has 2 aromatic heterocycles. The number of pyridine rings is 2.